The summed E-state index contributed by atoms with van der Waals surface area (Å²) >= 11 is 0. The molecule has 0 spiro atoms. The van der Waals surface area contributed by atoms with E-state index >= 15 is 0 Å². The van der Waals surface area contributed by atoms with E-state index in [1.54, 1.807) is 7.11 Å². The van der Waals surface area contributed by atoms with Crippen LogP contribution in [-0.4, -0.2) is 56.0 Å². The van der Waals surface area contributed by atoms with Crippen LogP contribution in [0.3, 0.4) is 0 Å². The first-order chi connectivity index (χ1) is 11.7. The third-order valence-electron chi connectivity index (χ3n) is 5.17. The molecule has 0 radical (unpaired) electrons. The topological polar surface area (TPSA) is 54.0 Å². The number of fused-ring (bicyclic) bond motifs is 1. The number of aliphatic hydroxyl groups is 1. The number of ether oxygens (including phenoxy) is 2. The Hall–Kier alpha value is -1.30. The number of nitrogens with zero attached hydrogens (tertiary/aromatic N) is 1. The minimum Gasteiger partial charge on any atom is -0.496 e. The van der Waals surface area contributed by atoms with Gasteiger partial charge in [-0.2, -0.15) is 0 Å². The molecule has 2 aliphatic heterocycles. The van der Waals surface area contributed by atoms with Crippen LogP contribution in [0.5, 0.6) is 11.5 Å². The van der Waals surface area contributed by atoms with Crippen molar-refractivity contribution in [3.63, 3.8) is 0 Å². The van der Waals surface area contributed by atoms with Crippen molar-refractivity contribution in [2.24, 2.45) is 5.92 Å². The summed E-state index contributed by atoms with van der Waals surface area (Å²) < 4.78 is 11.4. The summed E-state index contributed by atoms with van der Waals surface area (Å²) in [7, 11) is 1.74. The fraction of sp³-hybridized carbons (Fsp3) is 0.684. The van der Waals surface area contributed by atoms with Gasteiger partial charge in [-0.05, 0) is 57.5 Å². The molecule has 1 saturated heterocycles. The van der Waals surface area contributed by atoms with Crippen LogP contribution < -0.4 is 14.8 Å². The number of hydrogen-bond acceptors (Lipinski definition) is 5. The van der Waals surface area contributed by atoms with Gasteiger partial charge in [0.05, 0.1) is 13.7 Å². The van der Waals surface area contributed by atoms with Crippen molar-refractivity contribution in [1.82, 2.24) is 10.2 Å². The van der Waals surface area contributed by atoms with E-state index in [0.29, 0.717) is 0 Å². The molecule has 0 unspecified atom stereocenters. The molecule has 5 heteroatoms. The molecule has 1 fully saturated rings. The van der Waals surface area contributed by atoms with Crippen molar-refractivity contribution in [3.05, 3.63) is 23.3 Å². The van der Waals surface area contributed by atoms with E-state index in [-0.39, 0.29) is 12.7 Å². The maximum absolute atomic E-state index is 9.01. The highest BCUT2D eigenvalue weighted by molar-refractivity contribution is 5.48. The maximum atomic E-state index is 9.01. The first-order valence-electron chi connectivity index (χ1n) is 9.10. The lowest BCUT2D eigenvalue weighted by Gasteiger charge is -2.31. The number of benzene rings is 1. The van der Waals surface area contributed by atoms with E-state index in [1.807, 2.05) is 0 Å². The third-order valence-corrected chi connectivity index (χ3v) is 5.17. The smallest absolute Gasteiger partial charge is 0.123 e. The predicted molar refractivity (Wildman–Crippen MR) is 94.7 cm³/mol. The van der Waals surface area contributed by atoms with Crippen molar-refractivity contribution < 1.29 is 14.6 Å². The van der Waals surface area contributed by atoms with Crippen LogP contribution in [0.1, 0.15) is 30.9 Å². The van der Waals surface area contributed by atoms with Gasteiger partial charge < -0.3 is 24.8 Å². The van der Waals surface area contributed by atoms with Gasteiger partial charge >= 0.3 is 0 Å². The van der Waals surface area contributed by atoms with Crippen LogP contribution in [-0.2, 0) is 13.0 Å². The molecule has 1 aromatic carbocycles. The largest absolute Gasteiger partial charge is 0.496 e. The Morgan fingerprint density at radius 2 is 2.12 bits per heavy atom. The summed E-state index contributed by atoms with van der Waals surface area (Å²) in [6.07, 6.45) is 3.63. The van der Waals surface area contributed by atoms with Crippen LogP contribution in [0.15, 0.2) is 12.1 Å². The lowest BCUT2D eigenvalue weighted by molar-refractivity contribution is 0.146. The van der Waals surface area contributed by atoms with Crippen molar-refractivity contribution in [1.29, 1.82) is 0 Å². The van der Waals surface area contributed by atoms with Crippen molar-refractivity contribution in [2.75, 3.05) is 39.9 Å². The molecule has 0 bridgehead atoms. The Balaban J connectivity index is 1.50. The number of rotatable bonds is 7. The van der Waals surface area contributed by atoms with Crippen molar-refractivity contribution >= 4 is 0 Å². The standard InChI is InChI=1S/C19H30N2O3/c1-14-9-16-10-18(23-2)17(11-19(16)24-14)13-20-12-15-3-5-21(6-4-15)7-8-22/h10-11,14-15,20,22H,3-9,12-13H2,1-2H3/t14-/m0/s1. The highest BCUT2D eigenvalue weighted by Crippen LogP contribution is 2.35. The quantitative estimate of drug-likeness (QED) is 0.796. The molecule has 24 heavy (non-hydrogen) atoms. The number of nitrogens with one attached hydrogen (secondary N) is 1. The summed E-state index contributed by atoms with van der Waals surface area (Å²) in [5.41, 5.74) is 2.42. The molecule has 1 atom stereocenters. The van der Waals surface area contributed by atoms with Gasteiger partial charge in [-0.15, -0.1) is 0 Å². The highest BCUT2D eigenvalue weighted by Gasteiger charge is 2.22. The van der Waals surface area contributed by atoms with E-state index in [9.17, 15) is 0 Å². The molecule has 0 saturated carbocycles. The van der Waals surface area contributed by atoms with E-state index in [4.69, 9.17) is 14.6 Å². The fourth-order valence-corrected chi connectivity index (χ4v) is 3.78. The lowest BCUT2D eigenvalue weighted by Crippen LogP contribution is -2.38. The molecule has 2 N–H and O–H groups in total. The summed E-state index contributed by atoms with van der Waals surface area (Å²) in [4.78, 5) is 2.35. The molecular formula is C19H30N2O3. The van der Waals surface area contributed by atoms with Crippen molar-refractivity contribution in [3.8, 4) is 11.5 Å². The van der Waals surface area contributed by atoms with Gasteiger partial charge in [0.25, 0.3) is 0 Å². The number of likely N-dealkylation sites (tertiary alicyclic amines) is 1. The molecular weight excluding hydrogens is 304 g/mol. The van der Waals surface area contributed by atoms with Crippen LogP contribution in [0.2, 0.25) is 0 Å². The van der Waals surface area contributed by atoms with Crippen LogP contribution in [0, 0.1) is 5.92 Å². The van der Waals surface area contributed by atoms with E-state index in [2.05, 4.69) is 29.3 Å². The number of aliphatic hydroxyl groups excluding tert-OH is 1. The molecule has 5 nitrogen and oxygen atoms in total. The normalized spacial score (nSPS) is 21.5. The Kier molecular flexibility index (Phi) is 5.98. The molecule has 134 valence electrons. The maximum Gasteiger partial charge on any atom is 0.123 e. The van der Waals surface area contributed by atoms with Gasteiger partial charge in [0.15, 0.2) is 0 Å². The predicted octanol–water partition coefficient (Wildman–Crippen LogP) is 1.81. The van der Waals surface area contributed by atoms with E-state index < -0.39 is 0 Å². The third kappa shape index (κ3) is 4.21. The van der Waals surface area contributed by atoms with Crippen LogP contribution >= 0.6 is 0 Å². The molecule has 1 aromatic rings. The minimum absolute atomic E-state index is 0.261. The number of β-amino-alcohol motifs (C(OH)–C–C–N with tert-alkyl or cyclic N) is 1. The van der Waals surface area contributed by atoms with Crippen LogP contribution in [0.25, 0.3) is 0 Å². The Bertz CT molecular complexity index is 542. The fourth-order valence-electron chi connectivity index (χ4n) is 3.78. The highest BCUT2D eigenvalue weighted by atomic mass is 16.5. The second-order valence-electron chi connectivity index (χ2n) is 7.04. The molecule has 2 aliphatic rings. The zero-order valence-corrected chi connectivity index (χ0v) is 14.9. The summed E-state index contributed by atoms with van der Waals surface area (Å²) in [5, 5.41) is 12.6. The van der Waals surface area contributed by atoms with Gasteiger partial charge in [0.2, 0.25) is 0 Å². The summed E-state index contributed by atoms with van der Waals surface area (Å²) in [6.45, 7) is 7.22. The monoisotopic (exact) mass is 334 g/mol. The van der Waals surface area contributed by atoms with Crippen molar-refractivity contribution in [2.45, 2.75) is 38.8 Å². The first kappa shape index (κ1) is 17.5. The SMILES string of the molecule is COc1cc2c(cc1CNCC1CCN(CCO)CC1)O[C@@H](C)C2. The van der Waals surface area contributed by atoms with E-state index in [0.717, 1.165) is 56.6 Å². The van der Waals surface area contributed by atoms with Crippen LogP contribution in [0.4, 0.5) is 0 Å². The molecule has 0 aromatic heterocycles. The van der Waals surface area contributed by atoms with Gasteiger partial charge in [-0.25, -0.2) is 0 Å². The number of methoxy groups -OCH3 is 1. The molecule has 0 aliphatic carbocycles. The first-order valence-corrected chi connectivity index (χ1v) is 9.10. The second kappa shape index (κ2) is 8.19. The molecule has 2 heterocycles. The van der Waals surface area contributed by atoms with E-state index in [1.165, 1.54) is 24.0 Å². The zero-order chi connectivity index (χ0) is 16.9. The summed E-state index contributed by atoms with van der Waals surface area (Å²) in [5.74, 6) is 2.69. The van der Waals surface area contributed by atoms with Gasteiger partial charge in [-0.1, -0.05) is 0 Å². The Morgan fingerprint density at radius 3 is 2.83 bits per heavy atom. The second-order valence-corrected chi connectivity index (χ2v) is 7.04. The zero-order valence-electron chi connectivity index (χ0n) is 14.9. The molecule has 3 rings (SSSR count). The lowest BCUT2D eigenvalue weighted by atomic mass is 9.96. The van der Waals surface area contributed by atoms with Gasteiger partial charge in [0.1, 0.15) is 17.6 Å². The van der Waals surface area contributed by atoms with Gasteiger partial charge in [0, 0.05) is 30.6 Å². The number of piperidine rings is 1. The summed E-state index contributed by atoms with van der Waals surface area (Å²) in [6, 6.07) is 4.26. The average Bonchev–Trinajstić information content (AvgIpc) is 2.95. The Morgan fingerprint density at radius 1 is 1.33 bits per heavy atom. The Labute approximate surface area is 144 Å². The minimum atomic E-state index is 0.261. The van der Waals surface area contributed by atoms with Gasteiger partial charge in [-0.3, -0.25) is 0 Å². The molecule has 0 amide bonds. The number of hydrogen-bond donors (Lipinski definition) is 2. The average molecular weight is 334 g/mol.